The Morgan fingerprint density at radius 2 is 1.85 bits per heavy atom. The molecule has 3 rings (SSSR count). The van der Waals surface area contributed by atoms with Gasteiger partial charge in [0, 0.05) is 18.5 Å². The van der Waals surface area contributed by atoms with Crippen molar-refractivity contribution in [2.24, 2.45) is 0 Å². The highest BCUT2D eigenvalue weighted by Gasteiger charge is 2.50. The quantitative estimate of drug-likeness (QED) is 0.916. The Morgan fingerprint density at radius 1 is 1.15 bits per heavy atom. The van der Waals surface area contributed by atoms with Crippen LogP contribution in [0.1, 0.15) is 48.0 Å². The van der Waals surface area contributed by atoms with Crippen LogP contribution < -0.4 is 0 Å². The second kappa shape index (κ2) is 4.93. The van der Waals surface area contributed by atoms with Gasteiger partial charge in [-0.2, -0.15) is 0 Å². The first-order valence-corrected chi connectivity index (χ1v) is 7.23. The van der Waals surface area contributed by atoms with Crippen LogP contribution >= 0.6 is 0 Å². The fraction of sp³-hybridized carbons (Fsp3) is 0.500. The Bertz CT molecular complexity index is 526. The van der Waals surface area contributed by atoms with Gasteiger partial charge in [-0.25, -0.2) is 4.79 Å². The minimum atomic E-state index is -0.917. The van der Waals surface area contributed by atoms with Crippen molar-refractivity contribution in [1.82, 2.24) is 4.90 Å². The molecule has 20 heavy (non-hydrogen) atoms. The Labute approximate surface area is 118 Å². The monoisotopic (exact) mass is 273 g/mol. The van der Waals surface area contributed by atoms with Gasteiger partial charge in [-0.15, -0.1) is 0 Å². The number of aromatic carboxylic acids is 1. The van der Waals surface area contributed by atoms with E-state index in [2.05, 4.69) is 4.90 Å². The van der Waals surface area contributed by atoms with Crippen molar-refractivity contribution in [2.45, 2.75) is 44.1 Å². The molecular formula is C16H19NO3. The number of hydrogen-bond acceptors (Lipinski definition) is 2. The molecule has 1 aliphatic carbocycles. The van der Waals surface area contributed by atoms with Crippen LogP contribution in [0.15, 0.2) is 24.3 Å². The van der Waals surface area contributed by atoms with Crippen LogP contribution in [0.2, 0.25) is 0 Å². The fourth-order valence-electron chi connectivity index (χ4n) is 3.23. The summed E-state index contributed by atoms with van der Waals surface area (Å²) < 4.78 is 0. The number of carboxylic acids is 1. The van der Waals surface area contributed by atoms with E-state index >= 15 is 0 Å². The van der Waals surface area contributed by atoms with Crippen LogP contribution in [0, 0.1) is 0 Å². The van der Waals surface area contributed by atoms with Gasteiger partial charge in [-0.3, -0.25) is 4.79 Å². The number of carbonyl (C=O) groups is 2. The molecule has 1 aliphatic heterocycles. The highest BCUT2D eigenvalue weighted by molar-refractivity contribution is 5.87. The van der Waals surface area contributed by atoms with Gasteiger partial charge in [-0.1, -0.05) is 12.1 Å². The van der Waals surface area contributed by atoms with E-state index in [1.807, 2.05) is 0 Å². The van der Waals surface area contributed by atoms with Gasteiger partial charge in [0.25, 0.3) is 0 Å². The van der Waals surface area contributed by atoms with Crippen molar-refractivity contribution in [3.63, 3.8) is 0 Å². The smallest absolute Gasteiger partial charge is 0.335 e. The third kappa shape index (κ3) is 2.19. The highest BCUT2D eigenvalue weighted by atomic mass is 16.4. The maximum Gasteiger partial charge on any atom is 0.335 e. The van der Waals surface area contributed by atoms with Gasteiger partial charge >= 0.3 is 5.97 Å². The normalized spacial score (nSPS) is 19.3. The van der Waals surface area contributed by atoms with Gasteiger partial charge < -0.3 is 10.0 Å². The minimum Gasteiger partial charge on any atom is -0.478 e. The molecule has 106 valence electrons. The molecule has 1 spiro atoms. The van der Waals surface area contributed by atoms with Crippen LogP contribution in [0.25, 0.3) is 0 Å². The van der Waals surface area contributed by atoms with Crippen LogP contribution in [0.4, 0.5) is 0 Å². The number of benzene rings is 1. The van der Waals surface area contributed by atoms with Crippen LogP contribution in [0.5, 0.6) is 0 Å². The lowest BCUT2D eigenvalue weighted by molar-refractivity contribution is -0.155. The Balaban J connectivity index is 1.54. The number of likely N-dealkylation sites (tertiary alicyclic amines) is 1. The molecule has 2 fully saturated rings. The predicted octanol–water partition coefficient (Wildman–Crippen LogP) is 2.47. The van der Waals surface area contributed by atoms with E-state index in [-0.39, 0.29) is 17.0 Å². The molecule has 0 aromatic heterocycles. The summed E-state index contributed by atoms with van der Waals surface area (Å²) in [4.78, 5) is 25.0. The standard InChI is InChI=1S/C16H19NO3/c18-14(17-11-10-16(17)8-1-9-16)7-4-12-2-5-13(6-3-12)15(19)20/h2-3,5-6H,1,4,7-11H2,(H,19,20). The molecular weight excluding hydrogens is 254 g/mol. The average molecular weight is 273 g/mol. The van der Waals surface area contributed by atoms with E-state index in [9.17, 15) is 9.59 Å². The van der Waals surface area contributed by atoms with E-state index < -0.39 is 5.97 Å². The lowest BCUT2D eigenvalue weighted by atomic mass is 9.67. The number of aryl methyl sites for hydroxylation is 1. The number of nitrogens with zero attached hydrogens (tertiary/aromatic N) is 1. The Morgan fingerprint density at radius 3 is 2.30 bits per heavy atom. The fourth-order valence-corrected chi connectivity index (χ4v) is 3.23. The van der Waals surface area contributed by atoms with Gasteiger partial charge in [0.1, 0.15) is 0 Å². The Hall–Kier alpha value is -1.84. The van der Waals surface area contributed by atoms with Crippen molar-refractivity contribution < 1.29 is 14.7 Å². The molecule has 1 aromatic rings. The average Bonchev–Trinajstić information content (AvgIpc) is 2.34. The topological polar surface area (TPSA) is 57.6 Å². The number of carboxylic acid groups (broad SMARTS) is 1. The number of rotatable bonds is 4. The summed E-state index contributed by atoms with van der Waals surface area (Å²) in [6, 6.07) is 6.79. The van der Waals surface area contributed by atoms with Crippen molar-refractivity contribution in [2.75, 3.05) is 6.54 Å². The van der Waals surface area contributed by atoms with Crippen LogP contribution in [0.3, 0.4) is 0 Å². The van der Waals surface area contributed by atoms with E-state index in [4.69, 9.17) is 5.11 Å². The summed E-state index contributed by atoms with van der Waals surface area (Å²) in [5.74, 6) is -0.668. The summed E-state index contributed by atoms with van der Waals surface area (Å²) in [7, 11) is 0. The van der Waals surface area contributed by atoms with E-state index in [0.717, 1.165) is 12.1 Å². The maximum atomic E-state index is 12.2. The molecule has 1 amide bonds. The zero-order valence-corrected chi connectivity index (χ0v) is 11.5. The van der Waals surface area contributed by atoms with Crippen LogP contribution in [-0.4, -0.2) is 34.0 Å². The first-order chi connectivity index (χ1) is 9.61. The molecule has 4 nitrogen and oxygen atoms in total. The van der Waals surface area contributed by atoms with Crippen molar-refractivity contribution in [1.29, 1.82) is 0 Å². The summed E-state index contributed by atoms with van der Waals surface area (Å²) in [5, 5.41) is 8.84. The number of hydrogen-bond donors (Lipinski definition) is 1. The molecule has 1 aromatic carbocycles. The summed E-state index contributed by atoms with van der Waals surface area (Å²) in [6.07, 6.45) is 5.98. The molecule has 1 N–H and O–H groups in total. The maximum absolute atomic E-state index is 12.2. The van der Waals surface area contributed by atoms with E-state index in [1.54, 1.807) is 24.3 Å². The summed E-state index contributed by atoms with van der Waals surface area (Å²) in [6.45, 7) is 0.913. The SMILES string of the molecule is O=C(O)c1ccc(CCC(=O)N2CCC23CCC3)cc1. The zero-order valence-electron chi connectivity index (χ0n) is 11.5. The van der Waals surface area contributed by atoms with Gasteiger partial charge in [0.05, 0.1) is 5.56 Å². The van der Waals surface area contributed by atoms with Gasteiger partial charge in [0.2, 0.25) is 5.91 Å². The molecule has 0 radical (unpaired) electrons. The van der Waals surface area contributed by atoms with Crippen molar-refractivity contribution in [3.05, 3.63) is 35.4 Å². The van der Waals surface area contributed by atoms with E-state index in [1.165, 1.54) is 25.7 Å². The molecule has 4 heteroatoms. The van der Waals surface area contributed by atoms with Crippen LogP contribution in [-0.2, 0) is 11.2 Å². The largest absolute Gasteiger partial charge is 0.478 e. The predicted molar refractivity (Wildman–Crippen MR) is 74.6 cm³/mol. The van der Waals surface area contributed by atoms with Gasteiger partial charge in [-0.05, 0) is 49.8 Å². The van der Waals surface area contributed by atoms with Crippen molar-refractivity contribution in [3.8, 4) is 0 Å². The van der Waals surface area contributed by atoms with Gasteiger partial charge in [0.15, 0.2) is 0 Å². The first kappa shape index (κ1) is 13.2. The number of amides is 1. The van der Waals surface area contributed by atoms with E-state index in [0.29, 0.717) is 12.8 Å². The third-order valence-electron chi connectivity index (χ3n) is 4.79. The molecule has 2 aliphatic rings. The summed E-state index contributed by atoms with van der Waals surface area (Å²) >= 11 is 0. The molecule has 1 saturated heterocycles. The zero-order chi connectivity index (χ0) is 14.2. The highest BCUT2D eigenvalue weighted by Crippen LogP contribution is 2.47. The first-order valence-electron chi connectivity index (χ1n) is 7.23. The lowest BCUT2D eigenvalue weighted by Gasteiger charge is -2.58. The molecule has 0 bridgehead atoms. The van der Waals surface area contributed by atoms with Crippen molar-refractivity contribution >= 4 is 11.9 Å². The lowest BCUT2D eigenvalue weighted by Crippen LogP contribution is -2.65. The molecule has 0 atom stereocenters. The second-order valence-electron chi connectivity index (χ2n) is 5.88. The molecule has 1 saturated carbocycles. The minimum absolute atomic E-state index is 0.226. The molecule has 1 heterocycles. The second-order valence-corrected chi connectivity index (χ2v) is 5.88. The summed E-state index contributed by atoms with van der Waals surface area (Å²) in [5.41, 5.74) is 1.53. The molecule has 0 unspecified atom stereocenters. The number of carbonyl (C=O) groups excluding carboxylic acids is 1. The third-order valence-corrected chi connectivity index (χ3v) is 4.79. The Kier molecular flexibility index (Phi) is 3.24.